The molecule has 0 aromatic carbocycles. The molecule has 0 aromatic rings. The molecule has 2 heterocycles. The highest BCUT2D eigenvalue weighted by molar-refractivity contribution is 5.90. The van der Waals surface area contributed by atoms with E-state index in [1.165, 1.54) is 0 Å². The van der Waals surface area contributed by atoms with Gasteiger partial charge in [0.05, 0.1) is 0 Å². The van der Waals surface area contributed by atoms with Crippen LogP contribution in [0.5, 0.6) is 0 Å². The van der Waals surface area contributed by atoms with Crippen molar-refractivity contribution in [2.24, 2.45) is 0 Å². The molecular weight excluding hydrogens is 204 g/mol. The van der Waals surface area contributed by atoms with Crippen LogP contribution in [0.15, 0.2) is 0 Å². The number of rotatable bonds is 3. The van der Waals surface area contributed by atoms with Gasteiger partial charge in [0, 0.05) is 26.1 Å². The Bertz CT molecular complexity index is 291. The van der Waals surface area contributed by atoms with Gasteiger partial charge in [-0.15, -0.1) is 0 Å². The fourth-order valence-electron chi connectivity index (χ4n) is 2.59. The zero-order valence-corrected chi connectivity index (χ0v) is 9.95. The zero-order valence-electron chi connectivity index (χ0n) is 9.95. The van der Waals surface area contributed by atoms with E-state index in [1.807, 2.05) is 4.90 Å². The Morgan fingerprint density at radius 2 is 2.12 bits per heavy atom. The van der Waals surface area contributed by atoms with Crippen LogP contribution in [0.1, 0.15) is 39.0 Å². The molecule has 0 radical (unpaired) electrons. The van der Waals surface area contributed by atoms with E-state index in [-0.39, 0.29) is 17.9 Å². The van der Waals surface area contributed by atoms with Gasteiger partial charge >= 0.3 is 0 Å². The minimum absolute atomic E-state index is 0.146. The van der Waals surface area contributed by atoms with Crippen molar-refractivity contribution in [3.63, 3.8) is 0 Å². The van der Waals surface area contributed by atoms with Gasteiger partial charge in [-0.25, -0.2) is 0 Å². The highest BCUT2D eigenvalue weighted by atomic mass is 16.2. The second-order valence-electron chi connectivity index (χ2n) is 4.67. The summed E-state index contributed by atoms with van der Waals surface area (Å²) in [4.78, 5) is 27.7. The molecule has 2 saturated heterocycles. The van der Waals surface area contributed by atoms with Crippen molar-refractivity contribution in [2.45, 2.75) is 45.1 Å². The van der Waals surface area contributed by atoms with Gasteiger partial charge in [-0.05, 0) is 19.3 Å². The minimum atomic E-state index is -0.146. The van der Waals surface area contributed by atoms with Crippen molar-refractivity contribution in [2.75, 3.05) is 19.6 Å². The van der Waals surface area contributed by atoms with E-state index >= 15 is 0 Å². The van der Waals surface area contributed by atoms with Crippen LogP contribution in [0, 0.1) is 0 Å². The largest absolute Gasteiger partial charge is 0.340 e. The second kappa shape index (κ2) is 4.85. The molecule has 0 aromatic heterocycles. The van der Waals surface area contributed by atoms with Gasteiger partial charge in [0.25, 0.3) is 0 Å². The predicted molar refractivity (Wildman–Crippen MR) is 60.8 cm³/mol. The molecule has 4 nitrogen and oxygen atoms in total. The lowest BCUT2D eigenvalue weighted by molar-refractivity contribution is -0.139. The molecule has 2 rings (SSSR count). The van der Waals surface area contributed by atoms with Crippen molar-refractivity contribution in [1.29, 1.82) is 0 Å². The summed E-state index contributed by atoms with van der Waals surface area (Å²) in [5.41, 5.74) is 0. The molecule has 0 aliphatic carbocycles. The van der Waals surface area contributed by atoms with Crippen LogP contribution in [-0.2, 0) is 9.59 Å². The third-order valence-electron chi connectivity index (χ3n) is 3.55. The molecule has 2 fully saturated rings. The topological polar surface area (TPSA) is 40.6 Å². The lowest BCUT2D eigenvalue weighted by Gasteiger charge is -2.24. The predicted octanol–water partition coefficient (Wildman–Crippen LogP) is 1.01. The van der Waals surface area contributed by atoms with Crippen LogP contribution in [0.3, 0.4) is 0 Å². The van der Waals surface area contributed by atoms with Crippen molar-refractivity contribution in [1.82, 2.24) is 9.80 Å². The SMILES string of the molecule is CCCCN1CCC(=O)N2CCCC2C1=O. The number of hydrogen-bond donors (Lipinski definition) is 0. The number of unbranched alkanes of at least 4 members (excludes halogenated alkanes) is 1. The summed E-state index contributed by atoms with van der Waals surface area (Å²) in [5, 5.41) is 0. The van der Waals surface area contributed by atoms with Crippen molar-refractivity contribution in [3.05, 3.63) is 0 Å². The van der Waals surface area contributed by atoms with Gasteiger partial charge < -0.3 is 9.80 Å². The molecule has 16 heavy (non-hydrogen) atoms. The lowest BCUT2D eigenvalue weighted by Crippen LogP contribution is -2.43. The maximum atomic E-state index is 12.2. The number of hydrogen-bond acceptors (Lipinski definition) is 2. The molecule has 4 heteroatoms. The van der Waals surface area contributed by atoms with E-state index in [4.69, 9.17) is 0 Å². The summed E-state index contributed by atoms with van der Waals surface area (Å²) in [6, 6.07) is -0.146. The summed E-state index contributed by atoms with van der Waals surface area (Å²) in [5.74, 6) is 0.339. The van der Waals surface area contributed by atoms with Crippen LogP contribution < -0.4 is 0 Å². The summed E-state index contributed by atoms with van der Waals surface area (Å²) >= 11 is 0. The van der Waals surface area contributed by atoms with Gasteiger partial charge in [-0.1, -0.05) is 13.3 Å². The van der Waals surface area contributed by atoms with Crippen molar-refractivity contribution in [3.8, 4) is 0 Å². The van der Waals surface area contributed by atoms with Crippen LogP contribution in [0.4, 0.5) is 0 Å². The molecule has 2 amide bonds. The van der Waals surface area contributed by atoms with Gasteiger partial charge in [-0.3, -0.25) is 9.59 Å². The van der Waals surface area contributed by atoms with Gasteiger partial charge in [0.1, 0.15) is 6.04 Å². The first-order valence-electron chi connectivity index (χ1n) is 6.32. The summed E-state index contributed by atoms with van der Waals surface area (Å²) in [6.07, 6.45) is 4.46. The number of nitrogens with zero attached hydrogens (tertiary/aromatic N) is 2. The smallest absolute Gasteiger partial charge is 0.245 e. The maximum Gasteiger partial charge on any atom is 0.245 e. The van der Waals surface area contributed by atoms with E-state index in [9.17, 15) is 9.59 Å². The Kier molecular flexibility index (Phi) is 3.46. The number of fused-ring (bicyclic) bond motifs is 1. The average molecular weight is 224 g/mol. The van der Waals surface area contributed by atoms with E-state index in [0.29, 0.717) is 13.0 Å². The number of carbonyl (C=O) groups excluding carboxylic acids is 2. The summed E-state index contributed by atoms with van der Waals surface area (Å²) in [7, 11) is 0. The monoisotopic (exact) mass is 224 g/mol. The molecule has 2 aliphatic rings. The highest BCUT2D eigenvalue weighted by Gasteiger charge is 2.38. The molecular formula is C12H20N2O2. The normalized spacial score (nSPS) is 25.9. The van der Waals surface area contributed by atoms with Crippen LogP contribution in [0.25, 0.3) is 0 Å². The lowest BCUT2D eigenvalue weighted by atomic mass is 10.2. The van der Waals surface area contributed by atoms with Gasteiger partial charge in [0.15, 0.2) is 0 Å². The Labute approximate surface area is 96.6 Å². The Hall–Kier alpha value is -1.06. The molecule has 0 spiro atoms. The van der Waals surface area contributed by atoms with Gasteiger partial charge in [0.2, 0.25) is 11.8 Å². The van der Waals surface area contributed by atoms with Crippen LogP contribution >= 0.6 is 0 Å². The summed E-state index contributed by atoms with van der Waals surface area (Å²) in [6.45, 7) is 4.32. The van der Waals surface area contributed by atoms with E-state index in [1.54, 1.807) is 4.90 Å². The average Bonchev–Trinajstić information content (AvgIpc) is 2.73. The fourth-order valence-corrected chi connectivity index (χ4v) is 2.59. The number of carbonyl (C=O) groups is 2. The first kappa shape index (κ1) is 11.4. The quantitative estimate of drug-likeness (QED) is 0.718. The van der Waals surface area contributed by atoms with Crippen molar-refractivity contribution >= 4 is 11.8 Å². The zero-order chi connectivity index (χ0) is 11.5. The third kappa shape index (κ3) is 2.06. The first-order chi connectivity index (χ1) is 7.74. The molecule has 90 valence electrons. The van der Waals surface area contributed by atoms with Crippen LogP contribution in [-0.4, -0.2) is 47.3 Å². The minimum Gasteiger partial charge on any atom is -0.340 e. The Balaban J connectivity index is 2.07. The highest BCUT2D eigenvalue weighted by Crippen LogP contribution is 2.23. The number of amides is 2. The fraction of sp³-hybridized carbons (Fsp3) is 0.833. The third-order valence-corrected chi connectivity index (χ3v) is 3.55. The van der Waals surface area contributed by atoms with Crippen molar-refractivity contribution < 1.29 is 9.59 Å². The van der Waals surface area contributed by atoms with E-state index in [0.717, 1.165) is 38.8 Å². The molecule has 0 saturated carbocycles. The van der Waals surface area contributed by atoms with E-state index in [2.05, 4.69) is 6.92 Å². The molecule has 1 unspecified atom stereocenters. The first-order valence-corrected chi connectivity index (χ1v) is 6.32. The standard InChI is InChI=1S/C12H20N2O2/c1-2-3-7-13-9-6-11(15)14-8-4-5-10(14)12(13)16/h10H,2-9H2,1H3. The molecule has 0 N–H and O–H groups in total. The maximum absolute atomic E-state index is 12.2. The van der Waals surface area contributed by atoms with Gasteiger partial charge in [-0.2, -0.15) is 0 Å². The Morgan fingerprint density at radius 3 is 2.88 bits per heavy atom. The molecule has 0 bridgehead atoms. The summed E-state index contributed by atoms with van der Waals surface area (Å²) < 4.78 is 0. The van der Waals surface area contributed by atoms with Crippen LogP contribution in [0.2, 0.25) is 0 Å². The molecule has 2 aliphatic heterocycles. The molecule has 1 atom stereocenters. The second-order valence-corrected chi connectivity index (χ2v) is 4.67. The van der Waals surface area contributed by atoms with E-state index < -0.39 is 0 Å². The Morgan fingerprint density at radius 1 is 1.31 bits per heavy atom.